The number of rotatable bonds is 2. The lowest BCUT2D eigenvalue weighted by atomic mass is 9.59. The van der Waals surface area contributed by atoms with Crippen LogP contribution >= 0.6 is 11.3 Å². The summed E-state index contributed by atoms with van der Waals surface area (Å²) < 4.78 is 20.5. The summed E-state index contributed by atoms with van der Waals surface area (Å²) in [6.07, 6.45) is 4.39. The van der Waals surface area contributed by atoms with Crippen LogP contribution in [0.4, 0.5) is 0 Å². The van der Waals surface area contributed by atoms with Crippen LogP contribution in [0.25, 0.3) is 4.96 Å². The van der Waals surface area contributed by atoms with Gasteiger partial charge in [-0.1, -0.05) is 39.8 Å². The van der Waals surface area contributed by atoms with E-state index in [0.717, 1.165) is 12.0 Å². The minimum absolute atomic E-state index is 0.0474. The Hall–Kier alpha value is -2.33. The lowest BCUT2D eigenvalue weighted by molar-refractivity contribution is -0.302. The molecular weight excluding hydrogens is 516 g/mol. The van der Waals surface area contributed by atoms with Gasteiger partial charge in [0.1, 0.15) is 6.10 Å². The van der Waals surface area contributed by atoms with Crippen LogP contribution in [0.5, 0.6) is 0 Å². The van der Waals surface area contributed by atoms with Crippen molar-refractivity contribution in [2.24, 2.45) is 28.6 Å². The van der Waals surface area contributed by atoms with Gasteiger partial charge in [0.15, 0.2) is 33.9 Å². The van der Waals surface area contributed by atoms with E-state index < -0.39 is 40.9 Å². The average molecular weight is 555 g/mol. The first-order chi connectivity index (χ1) is 18.1. The molecule has 210 valence electrons. The Labute approximate surface area is 233 Å². The predicted octanol–water partition coefficient (Wildman–Crippen LogP) is 4.89. The molecule has 2 bridgehead atoms. The molecule has 8 nitrogen and oxygen atoms in total. The largest absolute Gasteiger partial charge is 0.450 e. The Kier molecular flexibility index (Phi) is 5.75. The van der Waals surface area contributed by atoms with E-state index in [0.29, 0.717) is 21.9 Å². The smallest absolute Gasteiger partial charge is 0.358 e. The van der Waals surface area contributed by atoms with Gasteiger partial charge in [-0.25, -0.2) is 9.78 Å². The van der Waals surface area contributed by atoms with E-state index in [9.17, 15) is 14.7 Å². The van der Waals surface area contributed by atoms with Gasteiger partial charge in [-0.05, 0) is 62.5 Å². The summed E-state index contributed by atoms with van der Waals surface area (Å²) in [4.78, 5) is 33.8. The number of aryl methyl sites for hydroxylation is 1. The van der Waals surface area contributed by atoms with Crippen molar-refractivity contribution in [2.45, 2.75) is 85.4 Å². The summed E-state index contributed by atoms with van der Waals surface area (Å²) in [5.41, 5.74) is -1.31. The number of aromatic nitrogens is 2. The van der Waals surface area contributed by atoms with Crippen LogP contribution in [0.2, 0.25) is 0 Å². The summed E-state index contributed by atoms with van der Waals surface area (Å²) in [5, 5.41) is 15.0. The maximum atomic E-state index is 14.8. The van der Waals surface area contributed by atoms with Crippen molar-refractivity contribution in [2.75, 3.05) is 6.61 Å². The zero-order valence-electron chi connectivity index (χ0n) is 23.9. The topological polar surface area (TPSA) is 99.4 Å². The number of imidazole rings is 1. The van der Waals surface area contributed by atoms with Crippen LogP contribution < -0.4 is 0 Å². The van der Waals surface area contributed by atoms with Gasteiger partial charge < -0.3 is 19.3 Å². The summed E-state index contributed by atoms with van der Waals surface area (Å²) in [5.74, 6) is -2.13. The van der Waals surface area contributed by atoms with Gasteiger partial charge >= 0.3 is 5.97 Å². The maximum Gasteiger partial charge on any atom is 0.358 e. The molecule has 2 aromatic rings. The zero-order valence-corrected chi connectivity index (χ0v) is 24.7. The summed E-state index contributed by atoms with van der Waals surface area (Å²) in [6.45, 7) is 15.9. The number of ether oxygens (including phenoxy) is 3. The number of aliphatic hydroxyl groups is 1. The third-order valence-corrected chi connectivity index (χ3v) is 10.9. The summed E-state index contributed by atoms with van der Waals surface area (Å²) in [6, 6.07) is 0. The molecule has 3 heterocycles. The molecule has 1 spiro atoms. The minimum atomic E-state index is -1.86. The normalized spacial score (nSPS) is 38.8. The molecule has 1 N–H and O–H groups in total. The number of fused-ring (bicyclic) bond motifs is 4. The van der Waals surface area contributed by atoms with E-state index >= 15 is 0 Å². The highest BCUT2D eigenvalue weighted by atomic mass is 32.1. The molecule has 0 radical (unpaired) electrons. The van der Waals surface area contributed by atoms with E-state index in [4.69, 9.17) is 14.2 Å². The molecule has 7 atom stereocenters. The number of carbonyl (C=O) groups is 2. The molecule has 1 saturated carbocycles. The lowest BCUT2D eigenvalue weighted by Gasteiger charge is -2.52. The van der Waals surface area contributed by atoms with Gasteiger partial charge in [-0.3, -0.25) is 9.20 Å². The van der Waals surface area contributed by atoms with Gasteiger partial charge in [0, 0.05) is 17.5 Å². The Bertz CT molecular complexity index is 1450. The third kappa shape index (κ3) is 3.42. The maximum absolute atomic E-state index is 14.8. The first kappa shape index (κ1) is 26.9. The number of hydrogen-bond acceptors (Lipinski definition) is 8. The average Bonchev–Trinajstić information content (AvgIpc) is 3.45. The summed E-state index contributed by atoms with van der Waals surface area (Å²) in [7, 11) is 0. The van der Waals surface area contributed by atoms with E-state index in [1.165, 1.54) is 11.3 Å². The highest BCUT2D eigenvalue weighted by Gasteiger charge is 2.74. The minimum Gasteiger partial charge on any atom is -0.450 e. The van der Waals surface area contributed by atoms with Crippen LogP contribution in [0, 0.1) is 35.5 Å². The fraction of sp³-hybridized carbons (Fsp3) is 0.633. The van der Waals surface area contributed by atoms with Crippen LogP contribution in [-0.2, 0) is 19.0 Å². The predicted molar refractivity (Wildman–Crippen MR) is 146 cm³/mol. The summed E-state index contributed by atoms with van der Waals surface area (Å²) >= 11 is 1.43. The second kappa shape index (κ2) is 8.35. The van der Waals surface area contributed by atoms with Crippen molar-refractivity contribution in [3.05, 3.63) is 46.3 Å². The van der Waals surface area contributed by atoms with Crippen molar-refractivity contribution in [1.29, 1.82) is 0 Å². The third-order valence-electron chi connectivity index (χ3n) is 10.1. The van der Waals surface area contributed by atoms with E-state index in [-0.39, 0.29) is 29.6 Å². The van der Waals surface area contributed by atoms with Gasteiger partial charge in [0.25, 0.3) is 0 Å². The quantitative estimate of drug-likeness (QED) is 0.417. The number of carbonyl (C=O) groups excluding carboxylic acids is 2. The molecule has 39 heavy (non-hydrogen) atoms. The van der Waals surface area contributed by atoms with E-state index in [1.807, 2.05) is 31.4 Å². The second-order valence-electron chi connectivity index (χ2n) is 13.1. The Morgan fingerprint density at radius 2 is 1.92 bits per heavy atom. The monoisotopic (exact) mass is 554 g/mol. The van der Waals surface area contributed by atoms with Crippen molar-refractivity contribution < 1.29 is 28.9 Å². The molecule has 2 fully saturated rings. The molecule has 0 amide bonds. The van der Waals surface area contributed by atoms with Crippen molar-refractivity contribution in [3.8, 4) is 0 Å². The molecule has 2 aromatic heterocycles. The molecule has 6 rings (SSSR count). The standard InChI is InChI=1S/C30H38N2O6S/c1-15-13-29-17(3)11-16(2)27(5,6)20(22(29)33)12-19-14-36-28(7,8)38-24(19)30(29,35)23(15)37-25(34)21-18(4)31-26-32(21)9-10-39-26/h9-10,12-13,16-17,20,23-24,35H,11,14H2,1-8H3/t16-,17+,20+,23-,24+,29-,30+/m0/s1. The van der Waals surface area contributed by atoms with Crippen molar-refractivity contribution in [3.63, 3.8) is 0 Å². The Morgan fingerprint density at radius 1 is 1.21 bits per heavy atom. The number of Topliss-reactive ketones (excluding diaryl/α,β-unsaturated/α-hetero) is 1. The zero-order chi connectivity index (χ0) is 28.3. The van der Waals surface area contributed by atoms with Crippen LogP contribution in [-0.4, -0.2) is 56.4 Å². The number of hydrogen-bond donors (Lipinski definition) is 1. The van der Waals surface area contributed by atoms with E-state index in [2.05, 4.69) is 25.8 Å². The van der Waals surface area contributed by atoms with Gasteiger partial charge in [-0.15, -0.1) is 11.3 Å². The van der Waals surface area contributed by atoms with Gasteiger partial charge in [0.2, 0.25) is 0 Å². The molecule has 1 saturated heterocycles. The van der Waals surface area contributed by atoms with Crippen molar-refractivity contribution >= 4 is 28.1 Å². The van der Waals surface area contributed by atoms with Crippen LogP contribution in [0.3, 0.4) is 0 Å². The first-order valence-corrected chi connectivity index (χ1v) is 14.6. The molecular formula is C30H38N2O6S. The van der Waals surface area contributed by atoms with Crippen LogP contribution in [0.15, 0.2) is 34.9 Å². The van der Waals surface area contributed by atoms with Gasteiger partial charge in [0.05, 0.1) is 17.7 Å². The number of esters is 1. The number of ketones is 1. The molecule has 3 aliphatic carbocycles. The number of allylic oxidation sites excluding steroid dienone is 1. The second-order valence-corrected chi connectivity index (χ2v) is 14.0. The molecule has 9 heteroatoms. The van der Waals surface area contributed by atoms with Crippen LogP contribution in [0.1, 0.15) is 71.1 Å². The number of thiazole rings is 1. The fourth-order valence-corrected chi connectivity index (χ4v) is 8.42. The van der Waals surface area contributed by atoms with E-state index in [1.54, 1.807) is 31.4 Å². The number of nitrogens with zero attached hydrogens (tertiary/aromatic N) is 2. The van der Waals surface area contributed by atoms with Crippen molar-refractivity contribution in [1.82, 2.24) is 9.38 Å². The molecule has 4 aliphatic rings. The first-order valence-electron chi connectivity index (χ1n) is 13.8. The SMILES string of the molecule is CC1=C[C@]23C(=O)[C@@H](C=C4COC(C)(C)O[C@H]4[C@]2(O)[C@H]1OC(=O)c1c(C)nc2sccn12)C(C)(C)[C@@H](C)C[C@H]3C. The highest BCUT2D eigenvalue weighted by molar-refractivity contribution is 7.15. The molecule has 0 unspecified atom stereocenters. The molecule has 0 aromatic carbocycles. The highest BCUT2D eigenvalue weighted by Crippen LogP contribution is 2.63. The lowest BCUT2D eigenvalue weighted by Crippen LogP contribution is -2.68. The molecule has 1 aliphatic heterocycles. The van der Waals surface area contributed by atoms with Gasteiger partial charge in [-0.2, -0.15) is 0 Å². The Balaban J connectivity index is 1.55. The Morgan fingerprint density at radius 3 is 2.64 bits per heavy atom. The fourth-order valence-electron chi connectivity index (χ4n) is 7.66.